The summed E-state index contributed by atoms with van der Waals surface area (Å²) in [6.07, 6.45) is 0. The summed E-state index contributed by atoms with van der Waals surface area (Å²) in [5, 5.41) is 8.68. The molecule has 0 radical (unpaired) electrons. The van der Waals surface area contributed by atoms with Gasteiger partial charge in [0.25, 0.3) is 5.91 Å². The molecule has 2 aliphatic heterocycles. The van der Waals surface area contributed by atoms with Crippen LogP contribution in [0.5, 0.6) is 11.5 Å². The maximum atomic E-state index is 12.9. The highest BCUT2D eigenvalue weighted by Gasteiger charge is 2.16. The van der Waals surface area contributed by atoms with Crippen LogP contribution in [0.3, 0.4) is 0 Å². The third-order valence-corrected chi connectivity index (χ3v) is 5.10. The van der Waals surface area contributed by atoms with Gasteiger partial charge in [-0.3, -0.25) is 24.8 Å². The molecule has 0 atom stereocenters. The number of nitrogens with one attached hydrogen (secondary N) is 3. The fraction of sp³-hybridized carbons (Fsp3) is 0.348. The minimum atomic E-state index is -0.347. The Kier molecular flexibility index (Phi) is 7.38. The van der Waals surface area contributed by atoms with Crippen molar-refractivity contribution in [1.82, 2.24) is 10.2 Å². The Balaban J connectivity index is 1.47. The molecule has 0 bridgehead atoms. The normalized spacial score (nSPS) is 15.7. The summed E-state index contributed by atoms with van der Waals surface area (Å²) < 4.78 is 16.2. The molecule has 1 saturated heterocycles. The molecule has 10 heteroatoms. The first-order valence-corrected chi connectivity index (χ1v) is 10.8. The van der Waals surface area contributed by atoms with Gasteiger partial charge in [0, 0.05) is 49.6 Å². The minimum Gasteiger partial charge on any atom is -0.454 e. The second-order valence-electron chi connectivity index (χ2n) is 7.59. The highest BCUT2D eigenvalue weighted by atomic mass is 16.7. The summed E-state index contributed by atoms with van der Waals surface area (Å²) in [5.41, 5.74) is 1.65. The van der Waals surface area contributed by atoms with Crippen LogP contribution >= 0.6 is 0 Å². The van der Waals surface area contributed by atoms with Gasteiger partial charge in [-0.05, 0) is 30.3 Å². The van der Waals surface area contributed by atoms with Crippen LogP contribution in [0.15, 0.2) is 47.5 Å². The minimum absolute atomic E-state index is 0.181. The third kappa shape index (κ3) is 6.43. The van der Waals surface area contributed by atoms with Crippen molar-refractivity contribution >= 4 is 29.1 Å². The van der Waals surface area contributed by atoms with Crippen LogP contribution in [0.2, 0.25) is 0 Å². The van der Waals surface area contributed by atoms with E-state index in [0.29, 0.717) is 54.2 Å². The maximum absolute atomic E-state index is 12.9. The molecule has 4 rings (SSSR count). The summed E-state index contributed by atoms with van der Waals surface area (Å²) in [6, 6.07) is 12.1. The van der Waals surface area contributed by atoms with Crippen molar-refractivity contribution < 1.29 is 23.8 Å². The predicted molar refractivity (Wildman–Crippen MR) is 124 cm³/mol. The Morgan fingerprint density at radius 3 is 2.61 bits per heavy atom. The number of fused-ring (bicyclic) bond motifs is 1. The van der Waals surface area contributed by atoms with E-state index in [-0.39, 0.29) is 18.6 Å². The number of carbonyl (C=O) groups is 2. The molecule has 2 heterocycles. The zero-order valence-corrected chi connectivity index (χ0v) is 18.4. The number of anilines is 2. The number of morpholine rings is 1. The molecule has 2 aromatic rings. The SMILES string of the molecule is CC(=O)Nc1cccc(C(=O)NC(=NCCN2CCOCC2)Nc2ccc3c(c2)OCO3)c1. The van der Waals surface area contributed by atoms with Crippen LogP contribution in [0, 0.1) is 0 Å². The first-order chi connectivity index (χ1) is 16.1. The van der Waals surface area contributed by atoms with Crippen LogP contribution in [0.1, 0.15) is 17.3 Å². The quantitative estimate of drug-likeness (QED) is 0.452. The van der Waals surface area contributed by atoms with E-state index in [1.807, 2.05) is 6.07 Å². The Hall–Kier alpha value is -3.63. The summed E-state index contributed by atoms with van der Waals surface area (Å²) in [7, 11) is 0. The fourth-order valence-corrected chi connectivity index (χ4v) is 3.47. The zero-order valence-electron chi connectivity index (χ0n) is 18.4. The number of carbonyl (C=O) groups excluding carboxylic acids is 2. The summed E-state index contributed by atoms with van der Waals surface area (Å²) >= 11 is 0. The largest absolute Gasteiger partial charge is 0.454 e. The van der Waals surface area contributed by atoms with Crippen LogP contribution in [-0.2, 0) is 9.53 Å². The van der Waals surface area contributed by atoms with Crippen molar-refractivity contribution in [2.45, 2.75) is 6.92 Å². The molecule has 3 N–H and O–H groups in total. The summed E-state index contributed by atoms with van der Waals surface area (Å²) in [6.45, 7) is 6.01. The molecule has 2 aliphatic rings. The first-order valence-electron chi connectivity index (χ1n) is 10.8. The summed E-state index contributed by atoms with van der Waals surface area (Å²) in [5.74, 6) is 1.06. The topological polar surface area (TPSA) is 114 Å². The lowest BCUT2D eigenvalue weighted by molar-refractivity contribution is -0.114. The number of guanidine groups is 1. The molecule has 33 heavy (non-hydrogen) atoms. The number of hydrogen-bond donors (Lipinski definition) is 3. The first kappa shape index (κ1) is 22.6. The lowest BCUT2D eigenvalue weighted by Crippen LogP contribution is -2.39. The number of nitrogens with zero attached hydrogens (tertiary/aromatic N) is 2. The van der Waals surface area contributed by atoms with E-state index in [9.17, 15) is 9.59 Å². The lowest BCUT2D eigenvalue weighted by Gasteiger charge is -2.25. The Morgan fingerprint density at radius 1 is 1.00 bits per heavy atom. The van der Waals surface area contributed by atoms with Gasteiger partial charge in [0.15, 0.2) is 11.5 Å². The van der Waals surface area contributed by atoms with Gasteiger partial charge < -0.3 is 24.8 Å². The molecule has 2 aromatic carbocycles. The molecule has 174 valence electrons. The molecular weight excluding hydrogens is 426 g/mol. The van der Waals surface area contributed by atoms with Gasteiger partial charge in [0.2, 0.25) is 18.7 Å². The van der Waals surface area contributed by atoms with Gasteiger partial charge in [0.05, 0.1) is 19.8 Å². The maximum Gasteiger partial charge on any atom is 0.258 e. The average Bonchev–Trinajstić information content (AvgIpc) is 3.27. The van der Waals surface area contributed by atoms with Crippen LogP contribution in [0.4, 0.5) is 11.4 Å². The van der Waals surface area contributed by atoms with Gasteiger partial charge >= 0.3 is 0 Å². The third-order valence-electron chi connectivity index (χ3n) is 5.10. The highest BCUT2D eigenvalue weighted by Crippen LogP contribution is 2.34. The number of aliphatic imine (C=N–C) groups is 1. The van der Waals surface area contributed by atoms with Crippen LogP contribution in [-0.4, -0.2) is 68.9 Å². The van der Waals surface area contributed by atoms with E-state index in [0.717, 1.165) is 19.6 Å². The molecule has 2 amide bonds. The zero-order chi connectivity index (χ0) is 23.0. The smallest absolute Gasteiger partial charge is 0.258 e. The molecule has 0 aliphatic carbocycles. The lowest BCUT2D eigenvalue weighted by atomic mass is 10.2. The predicted octanol–water partition coefficient (Wildman–Crippen LogP) is 1.90. The Labute approximate surface area is 191 Å². The number of amides is 2. The monoisotopic (exact) mass is 453 g/mol. The molecular formula is C23H27N5O5. The van der Waals surface area contributed by atoms with Crippen molar-refractivity contribution in [3.8, 4) is 11.5 Å². The number of benzene rings is 2. The molecule has 0 saturated carbocycles. The number of hydrogen-bond acceptors (Lipinski definition) is 7. The van der Waals surface area contributed by atoms with Crippen molar-refractivity contribution in [2.24, 2.45) is 4.99 Å². The van der Waals surface area contributed by atoms with Crippen LogP contribution in [0.25, 0.3) is 0 Å². The molecule has 0 aromatic heterocycles. The highest BCUT2D eigenvalue weighted by molar-refractivity contribution is 6.10. The molecule has 0 unspecified atom stereocenters. The number of ether oxygens (including phenoxy) is 3. The molecule has 0 spiro atoms. The van der Waals surface area contributed by atoms with Crippen molar-refractivity contribution in [2.75, 3.05) is 56.8 Å². The van der Waals surface area contributed by atoms with E-state index in [1.54, 1.807) is 36.4 Å². The van der Waals surface area contributed by atoms with Crippen molar-refractivity contribution in [3.63, 3.8) is 0 Å². The Bertz CT molecular complexity index is 1040. The second kappa shape index (κ2) is 10.8. The van der Waals surface area contributed by atoms with E-state index >= 15 is 0 Å². The van der Waals surface area contributed by atoms with Crippen molar-refractivity contribution in [1.29, 1.82) is 0 Å². The van der Waals surface area contributed by atoms with Gasteiger partial charge in [-0.15, -0.1) is 0 Å². The van der Waals surface area contributed by atoms with E-state index in [4.69, 9.17) is 14.2 Å². The van der Waals surface area contributed by atoms with Crippen molar-refractivity contribution in [3.05, 3.63) is 48.0 Å². The second-order valence-corrected chi connectivity index (χ2v) is 7.59. The van der Waals surface area contributed by atoms with E-state index in [2.05, 4.69) is 25.8 Å². The number of rotatable bonds is 6. The summed E-state index contributed by atoms with van der Waals surface area (Å²) in [4.78, 5) is 31.1. The average molecular weight is 453 g/mol. The standard InChI is InChI=1S/C23H27N5O5/c1-16(29)25-18-4-2-3-17(13-18)22(30)27-23(24-7-8-28-9-11-31-12-10-28)26-19-5-6-20-21(14-19)33-15-32-20/h2-6,13-14H,7-12,15H2,1H3,(H,25,29)(H2,24,26,27,30). The van der Waals surface area contributed by atoms with Gasteiger partial charge in [-0.25, -0.2) is 0 Å². The Morgan fingerprint density at radius 2 is 1.79 bits per heavy atom. The fourth-order valence-electron chi connectivity index (χ4n) is 3.47. The van der Waals surface area contributed by atoms with Gasteiger partial charge in [-0.2, -0.15) is 0 Å². The van der Waals surface area contributed by atoms with E-state index < -0.39 is 0 Å². The van der Waals surface area contributed by atoms with Crippen LogP contribution < -0.4 is 25.4 Å². The van der Waals surface area contributed by atoms with Gasteiger partial charge in [0.1, 0.15) is 0 Å². The molecule has 1 fully saturated rings. The molecule has 10 nitrogen and oxygen atoms in total. The van der Waals surface area contributed by atoms with E-state index in [1.165, 1.54) is 6.92 Å². The van der Waals surface area contributed by atoms with Gasteiger partial charge in [-0.1, -0.05) is 6.07 Å².